The van der Waals surface area contributed by atoms with Crippen LogP contribution in [0.2, 0.25) is 0 Å². The molecule has 0 fully saturated rings. The van der Waals surface area contributed by atoms with Crippen molar-refractivity contribution in [1.82, 2.24) is 0 Å². The molecule has 0 radical (unpaired) electrons. The van der Waals surface area contributed by atoms with Crippen molar-refractivity contribution in [3.05, 3.63) is 23.8 Å². The fourth-order valence-electron chi connectivity index (χ4n) is 1.48. The Balaban J connectivity index is 3.11. The van der Waals surface area contributed by atoms with Crippen LogP contribution in [-0.2, 0) is 0 Å². The smallest absolute Gasteiger partial charge is 0.122 e. The van der Waals surface area contributed by atoms with Crippen LogP contribution in [0, 0.1) is 0 Å². The Kier molecular flexibility index (Phi) is 3.97. The minimum atomic E-state index is 0.0889. The van der Waals surface area contributed by atoms with E-state index in [1.165, 1.54) is 0 Å². The van der Waals surface area contributed by atoms with Gasteiger partial charge in [-0.3, -0.25) is 0 Å². The predicted octanol–water partition coefficient (Wildman–Crippen LogP) is 2.15. The molecule has 3 heteroatoms. The van der Waals surface area contributed by atoms with E-state index in [0.717, 1.165) is 17.1 Å². The zero-order valence-corrected chi connectivity index (χ0v) is 9.78. The molecule has 1 aromatic rings. The molecule has 0 aromatic heterocycles. The van der Waals surface area contributed by atoms with Crippen LogP contribution in [0.4, 0.5) is 0 Å². The number of nitrogens with two attached hydrogens (primary N) is 1. The second-order valence-corrected chi connectivity index (χ2v) is 3.76. The van der Waals surface area contributed by atoms with Gasteiger partial charge in [0, 0.05) is 11.6 Å². The highest BCUT2D eigenvalue weighted by Gasteiger charge is 2.15. The minimum Gasteiger partial charge on any atom is -0.497 e. The summed E-state index contributed by atoms with van der Waals surface area (Å²) in [5, 5.41) is 0. The predicted molar refractivity (Wildman–Crippen MR) is 61.6 cm³/mol. The molecule has 0 heterocycles. The van der Waals surface area contributed by atoms with E-state index in [9.17, 15) is 0 Å². The molecular formula is C12H19NO2. The Morgan fingerprint density at radius 2 is 1.80 bits per heavy atom. The maximum Gasteiger partial charge on any atom is 0.122 e. The molecule has 0 saturated heterocycles. The van der Waals surface area contributed by atoms with Crippen molar-refractivity contribution >= 4 is 0 Å². The van der Waals surface area contributed by atoms with E-state index in [2.05, 4.69) is 6.92 Å². The Hall–Kier alpha value is -1.22. The summed E-state index contributed by atoms with van der Waals surface area (Å²) >= 11 is 0. The molecule has 0 aliphatic rings. The van der Waals surface area contributed by atoms with Gasteiger partial charge >= 0.3 is 0 Å². The van der Waals surface area contributed by atoms with E-state index in [1.807, 2.05) is 25.1 Å². The summed E-state index contributed by atoms with van der Waals surface area (Å²) in [6.07, 6.45) is 0. The Morgan fingerprint density at radius 3 is 2.27 bits per heavy atom. The van der Waals surface area contributed by atoms with Crippen molar-refractivity contribution in [2.75, 3.05) is 14.2 Å². The molecule has 2 atom stereocenters. The van der Waals surface area contributed by atoms with E-state index in [1.54, 1.807) is 14.2 Å². The Morgan fingerprint density at radius 1 is 1.13 bits per heavy atom. The van der Waals surface area contributed by atoms with E-state index in [0.29, 0.717) is 0 Å². The lowest BCUT2D eigenvalue weighted by molar-refractivity contribution is 0.393. The van der Waals surface area contributed by atoms with Gasteiger partial charge in [-0.2, -0.15) is 0 Å². The van der Waals surface area contributed by atoms with Gasteiger partial charge in [0.2, 0.25) is 0 Å². The first-order valence-corrected chi connectivity index (χ1v) is 5.07. The van der Waals surface area contributed by atoms with Crippen LogP contribution in [0.25, 0.3) is 0 Å². The van der Waals surface area contributed by atoms with Gasteiger partial charge in [-0.1, -0.05) is 6.92 Å². The molecule has 0 spiro atoms. The molecule has 1 rings (SSSR count). The topological polar surface area (TPSA) is 44.5 Å². The van der Waals surface area contributed by atoms with Crippen LogP contribution in [0.3, 0.4) is 0 Å². The average Bonchev–Trinajstić information content (AvgIpc) is 2.27. The summed E-state index contributed by atoms with van der Waals surface area (Å²) < 4.78 is 10.5. The summed E-state index contributed by atoms with van der Waals surface area (Å²) in [6.45, 7) is 4.07. The zero-order chi connectivity index (χ0) is 11.4. The number of ether oxygens (including phenoxy) is 2. The van der Waals surface area contributed by atoms with Crippen molar-refractivity contribution in [3.8, 4) is 11.5 Å². The second kappa shape index (κ2) is 5.03. The number of hydrogen-bond donors (Lipinski definition) is 1. The third-order valence-electron chi connectivity index (χ3n) is 2.72. The Bertz CT molecular complexity index is 323. The van der Waals surface area contributed by atoms with Crippen molar-refractivity contribution in [3.63, 3.8) is 0 Å². The molecule has 0 aliphatic heterocycles. The maximum absolute atomic E-state index is 5.89. The molecular weight excluding hydrogens is 190 g/mol. The largest absolute Gasteiger partial charge is 0.497 e. The van der Waals surface area contributed by atoms with Crippen LogP contribution in [0.5, 0.6) is 11.5 Å². The van der Waals surface area contributed by atoms with E-state index in [4.69, 9.17) is 15.2 Å². The standard InChI is InChI=1S/C12H19NO2/c1-8(9(2)13)11-7-10(14-3)5-6-12(11)15-4/h5-9H,13H2,1-4H3. The third-order valence-corrected chi connectivity index (χ3v) is 2.72. The highest BCUT2D eigenvalue weighted by molar-refractivity contribution is 5.42. The van der Waals surface area contributed by atoms with Gasteiger partial charge in [0.05, 0.1) is 14.2 Å². The number of methoxy groups -OCH3 is 2. The van der Waals surface area contributed by atoms with Gasteiger partial charge < -0.3 is 15.2 Å². The molecule has 1 aromatic carbocycles. The van der Waals surface area contributed by atoms with E-state index < -0.39 is 0 Å². The van der Waals surface area contributed by atoms with Crippen LogP contribution in [0.15, 0.2) is 18.2 Å². The zero-order valence-electron chi connectivity index (χ0n) is 9.78. The van der Waals surface area contributed by atoms with Crippen LogP contribution in [-0.4, -0.2) is 20.3 Å². The first-order valence-electron chi connectivity index (χ1n) is 5.07. The van der Waals surface area contributed by atoms with E-state index in [-0.39, 0.29) is 12.0 Å². The fraction of sp³-hybridized carbons (Fsp3) is 0.500. The summed E-state index contributed by atoms with van der Waals surface area (Å²) in [5.41, 5.74) is 6.98. The van der Waals surface area contributed by atoms with Crippen molar-refractivity contribution < 1.29 is 9.47 Å². The lowest BCUT2D eigenvalue weighted by Crippen LogP contribution is -2.22. The van der Waals surface area contributed by atoms with Gasteiger partial charge in [-0.25, -0.2) is 0 Å². The second-order valence-electron chi connectivity index (χ2n) is 3.76. The van der Waals surface area contributed by atoms with Crippen LogP contribution >= 0.6 is 0 Å². The molecule has 0 aliphatic carbocycles. The normalized spacial score (nSPS) is 14.5. The minimum absolute atomic E-state index is 0.0889. The summed E-state index contributed by atoms with van der Waals surface area (Å²) in [5.74, 6) is 1.94. The highest BCUT2D eigenvalue weighted by Crippen LogP contribution is 2.31. The molecule has 3 nitrogen and oxygen atoms in total. The van der Waals surface area contributed by atoms with Crippen molar-refractivity contribution in [2.24, 2.45) is 5.73 Å². The van der Waals surface area contributed by atoms with Crippen molar-refractivity contribution in [1.29, 1.82) is 0 Å². The first kappa shape index (κ1) is 11.9. The summed E-state index contributed by atoms with van der Waals surface area (Å²) in [7, 11) is 3.32. The molecule has 2 N–H and O–H groups in total. The fourth-order valence-corrected chi connectivity index (χ4v) is 1.48. The van der Waals surface area contributed by atoms with E-state index >= 15 is 0 Å². The molecule has 0 amide bonds. The monoisotopic (exact) mass is 209 g/mol. The Labute approximate surface area is 91.2 Å². The van der Waals surface area contributed by atoms with Crippen LogP contribution in [0.1, 0.15) is 25.3 Å². The molecule has 84 valence electrons. The highest BCUT2D eigenvalue weighted by atomic mass is 16.5. The number of benzene rings is 1. The molecule has 0 bridgehead atoms. The SMILES string of the molecule is COc1ccc(OC)c(C(C)C(C)N)c1. The van der Waals surface area contributed by atoms with Gasteiger partial charge in [0.1, 0.15) is 11.5 Å². The molecule has 15 heavy (non-hydrogen) atoms. The number of hydrogen-bond acceptors (Lipinski definition) is 3. The van der Waals surface area contributed by atoms with Gasteiger partial charge in [-0.15, -0.1) is 0 Å². The molecule has 2 unspecified atom stereocenters. The van der Waals surface area contributed by atoms with Crippen LogP contribution < -0.4 is 15.2 Å². The number of rotatable bonds is 4. The first-order chi connectivity index (χ1) is 7.10. The lowest BCUT2D eigenvalue weighted by Gasteiger charge is -2.19. The van der Waals surface area contributed by atoms with Gasteiger partial charge in [0.15, 0.2) is 0 Å². The lowest BCUT2D eigenvalue weighted by atomic mass is 9.94. The van der Waals surface area contributed by atoms with Gasteiger partial charge in [-0.05, 0) is 31.0 Å². The quantitative estimate of drug-likeness (QED) is 0.826. The third kappa shape index (κ3) is 2.63. The summed E-state index contributed by atoms with van der Waals surface area (Å²) in [6, 6.07) is 5.86. The van der Waals surface area contributed by atoms with Crippen molar-refractivity contribution in [2.45, 2.75) is 25.8 Å². The molecule has 0 saturated carbocycles. The van der Waals surface area contributed by atoms with Gasteiger partial charge in [0.25, 0.3) is 0 Å². The maximum atomic E-state index is 5.89. The summed E-state index contributed by atoms with van der Waals surface area (Å²) in [4.78, 5) is 0. The average molecular weight is 209 g/mol.